The van der Waals surface area contributed by atoms with Crippen LogP contribution in [0, 0.1) is 0 Å². The Kier molecular flexibility index (Phi) is 13.9. The Morgan fingerprint density at radius 2 is 1.14 bits per heavy atom. The normalized spacial score (nSPS) is 8.43. The molecule has 0 spiro atoms. The van der Waals surface area contributed by atoms with Crippen molar-refractivity contribution in [3.63, 3.8) is 0 Å². The van der Waals surface area contributed by atoms with E-state index in [-0.39, 0.29) is 62.3 Å². The first kappa shape index (κ1) is 16.0. The maximum Gasteiger partial charge on any atom is -0.0149 e. The van der Waals surface area contributed by atoms with Gasteiger partial charge in [0.1, 0.15) is 0 Å². The Bertz CT molecular complexity index is 57.8. The molecule has 0 amide bonds. The van der Waals surface area contributed by atoms with Gasteiger partial charge in [-0.15, -0.1) is 0 Å². The maximum absolute atomic E-state index is 8.88. The van der Waals surface area contributed by atoms with Gasteiger partial charge < -0.3 is 14.7 Å². The third kappa shape index (κ3) is 73.5. The summed E-state index contributed by atoms with van der Waals surface area (Å²) in [5.74, 6) is 0. The molecule has 0 unspecified atom stereocenters. The van der Waals surface area contributed by atoms with Crippen LogP contribution >= 0.6 is 7.82 Å². The summed E-state index contributed by atoms with van der Waals surface area (Å²) in [5, 5.41) is 0. The summed E-state index contributed by atoms with van der Waals surface area (Å²) in [6, 6.07) is 0. The van der Waals surface area contributed by atoms with Crippen molar-refractivity contribution in [3.05, 3.63) is 0 Å². The van der Waals surface area contributed by atoms with Gasteiger partial charge in [0, 0.05) is 0 Å². The SMILES string of the molecule is O=P(O)(O)O.[KH].[SiH4]. The van der Waals surface area contributed by atoms with E-state index in [4.69, 9.17) is 19.2 Å². The monoisotopic (exact) mass is 170 g/mol. The summed E-state index contributed by atoms with van der Waals surface area (Å²) in [6.45, 7) is 0. The van der Waals surface area contributed by atoms with Crippen molar-refractivity contribution in [1.29, 1.82) is 0 Å². The second-order valence-corrected chi connectivity index (χ2v) is 1.54. The number of hydrogen-bond donors (Lipinski definition) is 3. The van der Waals surface area contributed by atoms with Gasteiger partial charge in [0.2, 0.25) is 0 Å². The van der Waals surface area contributed by atoms with E-state index in [1.54, 1.807) is 0 Å². The summed E-state index contributed by atoms with van der Waals surface area (Å²) < 4.78 is 8.88. The van der Waals surface area contributed by atoms with Crippen LogP contribution in [0.25, 0.3) is 0 Å². The predicted molar refractivity (Wildman–Crippen MR) is 32.7 cm³/mol. The predicted octanol–water partition coefficient (Wildman–Crippen LogP) is -3.03. The van der Waals surface area contributed by atoms with Crippen molar-refractivity contribution >= 4 is 70.2 Å². The molecule has 7 heavy (non-hydrogen) atoms. The zero-order valence-electron chi connectivity index (χ0n) is 2.20. The van der Waals surface area contributed by atoms with Gasteiger partial charge in [-0.25, -0.2) is 4.57 Å². The van der Waals surface area contributed by atoms with Crippen molar-refractivity contribution in [2.24, 2.45) is 0 Å². The molecule has 0 aliphatic carbocycles. The van der Waals surface area contributed by atoms with Crippen molar-refractivity contribution in [3.8, 4) is 0 Å². The minimum Gasteiger partial charge on any atom is -0.0149 e. The first-order valence-corrected chi connectivity index (χ1v) is 2.35. The molecule has 0 radical (unpaired) electrons. The minimum absolute atomic E-state index is 0. The van der Waals surface area contributed by atoms with E-state index in [0.717, 1.165) is 0 Å². The van der Waals surface area contributed by atoms with Crippen molar-refractivity contribution in [2.45, 2.75) is 0 Å². The van der Waals surface area contributed by atoms with Gasteiger partial charge in [0.25, 0.3) is 0 Å². The summed E-state index contributed by atoms with van der Waals surface area (Å²) in [6.07, 6.45) is 0. The van der Waals surface area contributed by atoms with E-state index in [2.05, 4.69) is 0 Å². The van der Waals surface area contributed by atoms with Crippen molar-refractivity contribution in [2.75, 3.05) is 0 Å². The average molecular weight is 170 g/mol. The van der Waals surface area contributed by atoms with Crippen LogP contribution in [0.4, 0.5) is 0 Å². The van der Waals surface area contributed by atoms with Crippen LogP contribution in [0.3, 0.4) is 0 Å². The molecule has 0 rings (SSSR count). The average Bonchev–Trinajstić information content (AvgIpc) is 0.722. The molecule has 0 aliphatic rings. The fourth-order valence-electron chi connectivity index (χ4n) is 0. The summed E-state index contributed by atoms with van der Waals surface area (Å²) in [5.41, 5.74) is 0. The second kappa shape index (κ2) is 6.09. The Morgan fingerprint density at radius 1 is 1.14 bits per heavy atom. The van der Waals surface area contributed by atoms with E-state index in [1.807, 2.05) is 0 Å². The quantitative estimate of drug-likeness (QED) is 0.267. The molecule has 0 fully saturated rings. The van der Waals surface area contributed by atoms with Crippen LogP contribution in [0.5, 0.6) is 0 Å². The third-order valence-corrected chi connectivity index (χ3v) is 0. The number of hydrogen-bond acceptors (Lipinski definition) is 1. The van der Waals surface area contributed by atoms with Gasteiger partial charge in [0.15, 0.2) is 0 Å². The molecule has 0 aromatic rings. The molecular formula is H8KO4PSi. The number of rotatable bonds is 0. The molecule has 0 saturated carbocycles. The standard InChI is InChI=1S/K.H3O4P.H4Si.H/c;1-5(2,3)4;;/h;(H3,1,2,3,4);1H4;. The molecule has 0 atom stereocenters. The largest absolute Gasteiger partial charge is 0.0149 e. The molecule has 42 valence electrons. The Balaban J connectivity index is -0.0000000800. The molecule has 0 heterocycles. The van der Waals surface area contributed by atoms with E-state index in [0.29, 0.717) is 0 Å². The summed E-state index contributed by atoms with van der Waals surface area (Å²) in [4.78, 5) is 21.6. The van der Waals surface area contributed by atoms with Crippen LogP contribution in [0.15, 0.2) is 0 Å². The smallest absolute Gasteiger partial charge is 0.0149 e. The van der Waals surface area contributed by atoms with Gasteiger partial charge in [-0.05, 0) is 11.0 Å². The molecule has 7 heteroatoms. The van der Waals surface area contributed by atoms with E-state index >= 15 is 0 Å². The zero-order chi connectivity index (χ0) is 4.50. The van der Waals surface area contributed by atoms with Crippen molar-refractivity contribution < 1.29 is 19.2 Å². The van der Waals surface area contributed by atoms with E-state index < -0.39 is 7.82 Å². The van der Waals surface area contributed by atoms with Crippen LogP contribution in [-0.4, -0.2) is 77.0 Å². The Hall–Kier alpha value is 1.96. The first-order valence-electron chi connectivity index (χ1n) is 0.783. The summed E-state index contributed by atoms with van der Waals surface area (Å²) in [7, 11) is -4.64. The molecule has 0 aromatic carbocycles. The van der Waals surface area contributed by atoms with E-state index in [1.165, 1.54) is 0 Å². The van der Waals surface area contributed by atoms with Gasteiger partial charge in [0.05, 0.1) is 0 Å². The molecule has 4 nitrogen and oxygen atoms in total. The third-order valence-electron chi connectivity index (χ3n) is 0. The molecular weight excluding hydrogens is 162 g/mol. The molecule has 3 N–H and O–H groups in total. The van der Waals surface area contributed by atoms with Crippen molar-refractivity contribution in [1.82, 2.24) is 0 Å². The Morgan fingerprint density at radius 3 is 1.14 bits per heavy atom. The topological polar surface area (TPSA) is 77.8 Å². The maximum atomic E-state index is 8.88. The van der Waals surface area contributed by atoms with Gasteiger partial charge >= 0.3 is 59.2 Å². The Labute approximate surface area is 88.0 Å². The van der Waals surface area contributed by atoms with Gasteiger partial charge in [-0.2, -0.15) is 0 Å². The van der Waals surface area contributed by atoms with Gasteiger partial charge in [-0.3, -0.25) is 0 Å². The minimum atomic E-state index is -4.64. The summed E-state index contributed by atoms with van der Waals surface area (Å²) >= 11 is 0. The van der Waals surface area contributed by atoms with Crippen LogP contribution in [0.1, 0.15) is 0 Å². The fraction of sp³-hybridized carbons (Fsp3) is 0. The molecule has 0 saturated heterocycles. The van der Waals surface area contributed by atoms with Crippen LogP contribution < -0.4 is 0 Å². The van der Waals surface area contributed by atoms with E-state index in [9.17, 15) is 0 Å². The first-order chi connectivity index (χ1) is 2.00. The van der Waals surface area contributed by atoms with Crippen LogP contribution in [0.2, 0.25) is 0 Å². The van der Waals surface area contributed by atoms with Gasteiger partial charge in [-0.1, -0.05) is 0 Å². The van der Waals surface area contributed by atoms with Crippen LogP contribution in [-0.2, 0) is 4.57 Å². The number of phosphoric acid groups is 1. The molecule has 0 aliphatic heterocycles. The molecule has 0 aromatic heterocycles. The molecule has 0 bridgehead atoms. The fourth-order valence-corrected chi connectivity index (χ4v) is 0. The second-order valence-electron chi connectivity index (χ2n) is 0.513. The zero-order valence-corrected chi connectivity index (χ0v) is 3.09.